The van der Waals surface area contributed by atoms with Gasteiger partial charge < -0.3 is 0 Å². The lowest BCUT2D eigenvalue weighted by atomic mass is 10.1. The third-order valence-electron chi connectivity index (χ3n) is 2.04. The van der Waals surface area contributed by atoms with Crippen LogP contribution in [0.25, 0.3) is 0 Å². The van der Waals surface area contributed by atoms with Crippen molar-refractivity contribution in [1.82, 2.24) is 4.72 Å². The van der Waals surface area contributed by atoms with Crippen molar-refractivity contribution >= 4 is 19.9 Å². The molecule has 0 saturated carbocycles. The first-order chi connectivity index (χ1) is 8.58. The maximum Gasteiger partial charge on any atom is 0.497 e. The Morgan fingerprint density at radius 2 is 1.55 bits per heavy atom. The molecule has 0 aliphatic heterocycles. The largest absolute Gasteiger partial charge is 0.497 e. The van der Waals surface area contributed by atoms with Gasteiger partial charge in [0.25, 0.3) is 9.84 Å². The van der Waals surface area contributed by atoms with Gasteiger partial charge in [0.2, 0.25) is 10.0 Å². The van der Waals surface area contributed by atoms with E-state index < -0.39 is 42.6 Å². The highest BCUT2D eigenvalue weighted by Crippen LogP contribution is 2.28. The summed E-state index contributed by atoms with van der Waals surface area (Å²) < 4.78 is 84.0. The van der Waals surface area contributed by atoms with E-state index in [-0.39, 0.29) is 0 Å². The van der Waals surface area contributed by atoms with Gasteiger partial charge in [0, 0.05) is 10.9 Å². The smallest absolute Gasteiger partial charge is 0.219 e. The summed E-state index contributed by atoms with van der Waals surface area (Å²) in [5, 5.41) is -1.08. The predicted molar refractivity (Wildman–Crippen MR) is 70.0 cm³/mol. The molecule has 0 amide bonds. The van der Waals surface area contributed by atoms with E-state index in [2.05, 4.69) is 4.72 Å². The van der Waals surface area contributed by atoms with Gasteiger partial charge in [-0.15, -0.1) is 0 Å². The normalized spacial score (nSPS) is 16.6. The Kier molecular flexibility index (Phi) is 5.84. The Morgan fingerprint density at radius 1 is 1.10 bits per heavy atom. The molecule has 0 fully saturated rings. The van der Waals surface area contributed by atoms with E-state index in [1.807, 2.05) is 0 Å². The first-order valence-electron chi connectivity index (χ1n) is 5.59. The predicted octanol–water partition coefficient (Wildman–Crippen LogP) is 1.93. The van der Waals surface area contributed by atoms with Crippen LogP contribution in [0.4, 0.5) is 13.2 Å². The molecule has 1 unspecified atom stereocenters. The van der Waals surface area contributed by atoms with Gasteiger partial charge in [0.15, 0.2) is 0 Å². The van der Waals surface area contributed by atoms with Crippen LogP contribution in [0.5, 0.6) is 0 Å². The van der Waals surface area contributed by atoms with E-state index >= 15 is 0 Å². The molecule has 1 atom stereocenters. The SMILES string of the molecule is CC(C/C=C/S(=O)(=O)NC(C)(C)C)S(=O)(=O)C(F)(F)F. The third kappa shape index (κ3) is 6.23. The minimum atomic E-state index is -5.34. The van der Waals surface area contributed by atoms with Gasteiger partial charge in [-0.2, -0.15) is 13.2 Å². The highest BCUT2D eigenvalue weighted by Gasteiger charge is 2.48. The zero-order valence-corrected chi connectivity index (χ0v) is 13.2. The first-order valence-corrected chi connectivity index (χ1v) is 8.68. The van der Waals surface area contributed by atoms with Crippen LogP contribution in [-0.2, 0) is 19.9 Å². The standard InChI is InChI=1S/C10H18F3NO4S2/c1-8(20(17,18)10(11,12)13)6-5-7-19(15,16)14-9(2,3)4/h5,7-8,14H,6H2,1-4H3/b7-5+. The minimum Gasteiger partial charge on any atom is -0.219 e. The fraction of sp³-hybridized carbons (Fsp3) is 0.800. The van der Waals surface area contributed by atoms with E-state index in [0.717, 1.165) is 13.0 Å². The van der Waals surface area contributed by atoms with Gasteiger partial charge in [0.05, 0.1) is 5.25 Å². The molecule has 120 valence electrons. The summed E-state index contributed by atoms with van der Waals surface area (Å²) in [5.41, 5.74) is -6.09. The second-order valence-electron chi connectivity index (χ2n) is 5.31. The van der Waals surface area contributed by atoms with Crippen molar-refractivity contribution in [3.05, 3.63) is 11.5 Å². The van der Waals surface area contributed by atoms with E-state index in [1.165, 1.54) is 0 Å². The fourth-order valence-electron chi connectivity index (χ4n) is 1.19. The molecular formula is C10H18F3NO4S2. The highest BCUT2D eigenvalue weighted by molar-refractivity contribution is 7.93. The topological polar surface area (TPSA) is 80.3 Å². The molecule has 0 bridgehead atoms. The van der Waals surface area contributed by atoms with E-state index in [9.17, 15) is 30.0 Å². The van der Waals surface area contributed by atoms with Crippen LogP contribution in [-0.4, -0.2) is 33.1 Å². The van der Waals surface area contributed by atoms with Crippen molar-refractivity contribution < 1.29 is 30.0 Å². The van der Waals surface area contributed by atoms with Crippen molar-refractivity contribution in [2.75, 3.05) is 0 Å². The number of rotatable bonds is 5. The first kappa shape index (κ1) is 19.4. The molecule has 0 saturated heterocycles. The average molecular weight is 337 g/mol. The summed E-state index contributed by atoms with van der Waals surface area (Å²) in [6, 6.07) is 0. The number of nitrogens with one attached hydrogen (secondary N) is 1. The third-order valence-corrected chi connectivity index (χ3v) is 5.39. The molecular weight excluding hydrogens is 319 g/mol. The second-order valence-corrected chi connectivity index (χ2v) is 9.23. The summed E-state index contributed by atoms with van der Waals surface area (Å²) in [6.07, 6.45) is 0.342. The molecule has 0 aliphatic rings. The molecule has 0 aliphatic carbocycles. The Labute approximate surface area is 117 Å². The molecule has 5 nitrogen and oxygen atoms in total. The van der Waals surface area contributed by atoms with Crippen LogP contribution in [0.2, 0.25) is 0 Å². The van der Waals surface area contributed by atoms with Crippen molar-refractivity contribution in [3.63, 3.8) is 0 Å². The van der Waals surface area contributed by atoms with Crippen LogP contribution < -0.4 is 4.72 Å². The van der Waals surface area contributed by atoms with Crippen molar-refractivity contribution in [2.24, 2.45) is 0 Å². The minimum absolute atomic E-state index is 0.549. The zero-order chi connectivity index (χ0) is 16.4. The molecule has 0 heterocycles. The molecule has 1 N–H and O–H groups in total. The van der Waals surface area contributed by atoms with Crippen LogP contribution in [0.15, 0.2) is 11.5 Å². The van der Waals surface area contributed by atoms with Crippen LogP contribution in [0, 0.1) is 0 Å². The maximum absolute atomic E-state index is 12.2. The molecule has 0 aromatic heterocycles. The molecule has 0 rings (SSSR count). The van der Waals surface area contributed by atoms with E-state index in [0.29, 0.717) is 5.41 Å². The number of halogens is 3. The Balaban J connectivity index is 4.85. The second kappa shape index (κ2) is 6.02. The van der Waals surface area contributed by atoms with Gasteiger partial charge in [-0.05, 0) is 34.1 Å². The monoisotopic (exact) mass is 337 g/mol. The number of alkyl halides is 3. The van der Waals surface area contributed by atoms with Gasteiger partial charge >= 0.3 is 5.51 Å². The summed E-state index contributed by atoms with van der Waals surface area (Å²) in [6.45, 7) is 5.65. The fourth-order valence-corrected chi connectivity index (χ4v) is 3.30. The van der Waals surface area contributed by atoms with E-state index in [1.54, 1.807) is 20.8 Å². The Morgan fingerprint density at radius 3 is 1.90 bits per heavy atom. The molecule has 0 aromatic carbocycles. The van der Waals surface area contributed by atoms with Crippen LogP contribution >= 0.6 is 0 Å². The lowest BCUT2D eigenvalue weighted by Crippen LogP contribution is -2.39. The summed E-state index contributed by atoms with van der Waals surface area (Å²) in [4.78, 5) is 0. The zero-order valence-electron chi connectivity index (χ0n) is 11.5. The molecule has 0 radical (unpaired) electrons. The number of sulfonamides is 1. The lowest BCUT2D eigenvalue weighted by Gasteiger charge is -2.18. The van der Waals surface area contributed by atoms with Gasteiger partial charge in [-0.25, -0.2) is 21.6 Å². The van der Waals surface area contributed by atoms with Gasteiger partial charge in [-0.3, -0.25) is 0 Å². The van der Waals surface area contributed by atoms with Crippen LogP contribution in [0.1, 0.15) is 34.1 Å². The molecule has 20 heavy (non-hydrogen) atoms. The van der Waals surface area contributed by atoms with Crippen molar-refractivity contribution in [1.29, 1.82) is 0 Å². The number of allylic oxidation sites excluding steroid dienone is 1. The Hall–Kier alpha value is -0.610. The van der Waals surface area contributed by atoms with Crippen LogP contribution in [0.3, 0.4) is 0 Å². The van der Waals surface area contributed by atoms with Gasteiger partial charge in [-0.1, -0.05) is 6.08 Å². The number of hydrogen-bond acceptors (Lipinski definition) is 4. The van der Waals surface area contributed by atoms with E-state index in [4.69, 9.17) is 0 Å². The highest BCUT2D eigenvalue weighted by atomic mass is 32.2. The van der Waals surface area contributed by atoms with Crippen molar-refractivity contribution in [3.8, 4) is 0 Å². The molecule has 10 heteroatoms. The van der Waals surface area contributed by atoms with Gasteiger partial charge in [0.1, 0.15) is 0 Å². The molecule has 0 aromatic rings. The maximum atomic E-state index is 12.2. The number of hydrogen-bond donors (Lipinski definition) is 1. The summed E-state index contributed by atoms with van der Waals surface area (Å²) in [5.74, 6) is 0. The lowest BCUT2D eigenvalue weighted by molar-refractivity contribution is -0.0443. The average Bonchev–Trinajstić information content (AvgIpc) is 2.10. The Bertz CT molecular complexity index is 556. The number of sulfone groups is 1. The quantitative estimate of drug-likeness (QED) is 0.831. The van der Waals surface area contributed by atoms with Crippen molar-refractivity contribution in [2.45, 2.75) is 50.4 Å². The summed E-state index contributed by atoms with van der Waals surface area (Å²) >= 11 is 0. The molecule has 0 spiro atoms. The summed E-state index contributed by atoms with van der Waals surface area (Å²) in [7, 11) is -9.12.